The molecule has 8 nitrogen and oxygen atoms in total. The number of hydrogen-bond donors (Lipinski definition) is 2. The second-order valence-corrected chi connectivity index (χ2v) is 3.33. The second-order valence-electron chi connectivity index (χ2n) is 2.32. The van der Waals surface area contributed by atoms with Crippen molar-refractivity contribution < 1.29 is 4.92 Å². The van der Waals surface area contributed by atoms with Crippen molar-refractivity contribution in [1.29, 1.82) is 0 Å². The maximum atomic E-state index is 10.3. The minimum Gasteiger partial charge on any atom is -0.374 e. The Hall–Kier alpha value is -2.03. The summed E-state index contributed by atoms with van der Waals surface area (Å²) in [6.45, 7) is 0. The topological polar surface area (TPSA) is 124 Å². The highest BCUT2D eigenvalue weighted by molar-refractivity contribution is 7.18. The summed E-state index contributed by atoms with van der Waals surface area (Å²) in [5.74, 6) is 0.111. The molecule has 0 radical (unpaired) electrons. The molecule has 3 N–H and O–H groups in total. The Morgan fingerprint density at radius 2 is 2.36 bits per heavy atom. The van der Waals surface area contributed by atoms with Crippen LogP contribution in [0, 0.1) is 10.1 Å². The molecule has 0 aromatic carbocycles. The Kier molecular flexibility index (Phi) is 1.85. The van der Waals surface area contributed by atoms with Gasteiger partial charge in [0.2, 0.25) is 10.1 Å². The number of aromatic nitrogens is 4. The van der Waals surface area contributed by atoms with Gasteiger partial charge in [-0.15, -0.1) is 10.2 Å². The van der Waals surface area contributed by atoms with E-state index in [0.29, 0.717) is 16.0 Å². The Balaban J connectivity index is 2.38. The zero-order chi connectivity index (χ0) is 10.1. The van der Waals surface area contributed by atoms with Crippen LogP contribution in [0.2, 0.25) is 0 Å². The molecule has 9 heteroatoms. The van der Waals surface area contributed by atoms with E-state index in [9.17, 15) is 10.1 Å². The van der Waals surface area contributed by atoms with Crippen molar-refractivity contribution in [3.63, 3.8) is 0 Å². The van der Waals surface area contributed by atoms with Crippen LogP contribution in [-0.2, 0) is 0 Å². The van der Waals surface area contributed by atoms with E-state index in [-0.39, 0.29) is 5.82 Å². The Morgan fingerprint density at radius 1 is 1.57 bits per heavy atom. The summed E-state index contributed by atoms with van der Waals surface area (Å²) >= 11 is 1.11. The molecule has 0 atom stereocenters. The fourth-order valence-electron chi connectivity index (χ4n) is 0.843. The largest absolute Gasteiger partial charge is 0.374 e. The third kappa shape index (κ3) is 1.40. The predicted molar refractivity (Wildman–Crippen MR) is 48.6 cm³/mol. The normalized spacial score (nSPS) is 10.3. The first kappa shape index (κ1) is 8.56. The molecule has 0 spiro atoms. The number of imidazole rings is 1. The van der Waals surface area contributed by atoms with Crippen molar-refractivity contribution in [2.24, 2.45) is 0 Å². The molecule has 14 heavy (non-hydrogen) atoms. The van der Waals surface area contributed by atoms with E-state index < -0.39 is 4.92 Å². The summed E-state index contributed by atoms with van der Waals surface area (Å²) in [6.07, 6.45) is 1.12. The van der Waals surface area contributed by atoms with Gasteiger partial charge in [0, 0.05) is 0 Å². The van der Waals surface area contributed by atoms with Gasteiger partial charge in [0.25, 0.3) is 5.82 Å². The molecule has 0 aliphatic heterocycles. The van der Waals surface area contributed by atoms with Crippen LogP contribution in [0.25, 0.3) is 10.8 Å². The predicted octanol–water partition coefficient (Wildman–Crippen LogP) is 0.419. The molecule has 2 heterocycles. The lowest BCUT2D eigenvalue weighted by molar-refractivity contribution is -0.389. The van der Waals surface area contributed by atoms with Gasteiger partial charge in [-0.25, -0.2) is 9.97 Å². The zero-order valence-corrected chi connectivity index (χ0v) is 7.48. The minimum atomic E-state index is -0.569. The standard InChI is InChI=1S/C5H4N6O2S/c6-5-10-9-4(14-5)3-7-1-2(8-3)11(12)13/h1H,(H2,6,10)(H,7,8). The van der Waals surface area contributed by atoms with E-state index in [1.807, 2.05) is 0 Å². The molecule has 2 rings (SSSR count). The van der Waals surface area contributed by atoms with E-state index in [1.54, 1.807) is 0 Å². The van der Waals surface area contributed by atoms with Crippen molar-refractivity contribution in [2.45, 2.75) is 0 Å². The molecule has 2 aromatic heterocycles. The van der Waals surface area contributed by atoms with Crippen LogP contribution >= 0.6 is 11.3 Å². The van der Waals surface area contributed by atoms with Crippen molar-refractivity contribution in [1.82, 2.24) is 20.2 Å². The Labute approximate surface area is 81.0 Å². The number of hydrogen-bond acceptors (Lipinski definition) is 7. The lowest BCUT2D eigenvalue weighted by Gasteiger charge is -1.85. The van der Waals surface area contributed by atoms with Crippen LogP contribution in [0.3, 0.4) is 0 Å². The van der Waals surface area contributed by atoms with Crippen LogP contribution in [0.4, 0.5) is 10.9 Å². The number of nitrogens with zero attached hydrogens (tertiary/aromatic N) is 4. The summed E-state index contributed by atoms with van der Waals surface area (Å²) in [7, 11) is 0. The molecule has 0 aliphatic carbocycles. The highest BCUT2D eigenvalue weighted by atomic mass is 32.1. The zero-order valence-electron chi connectivity index (χ0n) is 6.67. The maximum Gasteiger partial charge on any atom is 0.341 e. The molecule has 0 aliphatic rings. The second kappa shape index (κ2) is 3.03. The first-order chi connectivity index (χ1) is 6.66. The number of aromatic amines is 1. The first-order valence-corrected chi connectivity index (χ1v) is 4.27. The van der Waals surface area contributed by atoms with Crippen LogP contribution < -0.4 is 5.73 Å². The number of H-pyrrole nitrogens is 1. The fraction of sp³-hybridized carbons (Fsp3) is 0. The van der Waals surface area contributed by atoms with Gasteiger partial charge in [0.05, 0.1) is 0 Å². The summed E-state index contributed by atoms with van der Waals surface area (Å²) < 4.78 is 0. The third-order valence-corrected chi connectivity index (χ3v) is 2.16. The summed E-state index contributed by atoms with van der Waals surface area (Å²) in [6, 6.07) is 0. The van der Waals surface area contributed by atoms with E-state index in [2.05, 4.69) is 20.2 Å². The van der Waals surface area contributed by atoms with Crippen molar-refractivity contribution >= 4 is 22.3 Å². The van der Waals surface area contributed by atoms with Crippen molar-refractivity contribution in [3.05, 3.63) is 16.3 Å². The Morgan fingerprint density at radius 3 is 2.86 bits per heavy atom. The molecule has 0 amide bonds. The molecule has 0 bridgehead atoms. The number of nitrogens with one attached hydrogen (secondary N) is 1. The van der Waals surface area contributed by atoms with Crippen LogP contribution in [0.15, 0.2) is 6.20 Å². The van der Waals surface area contributed by atoms with Gasteiger partial charge < -0.3 is 15.8 Å². The molecule has 2 aromatic rings. The monoisotopic (exact) mass is 212 g/mol. The summed E-state index contributed by atoms with van der Waals surface area (Å²) in [5.41, 5.74) is 5.35. The first-order valence-electron chi connectivity index (χ1n) is 3.45. The van der Waals surface area contributed by atoms with Gasteiger partial charge in [-0.3, -0.25) is 0 Å². The number of nitrogen functional groups attached to an aromatic ring is 1. The fourth-order valence-corrected chi connectivity index (χ4v) is 1.41. The lowest BCUT2D eigenvalue weighted by atomic mass is 10.7. The van der Waals surface area contributed by atoms with Crippen molar-refractivity contribution in [3.8, 4) is 10.8 Å². The SMILES string of the molecule is Nc1nnc(-c2ncc([N+](=O)[O-])[nH]2)s1. The Bertz CT molecular complexity index is 476. The van der Waals surface area contributed by atoms with Crippen LogP contribution in [0.1, 0.15) is 0 Å². The van der Waals surface area contributed by atoms with Gasteiger partial charge in [-0.05, 0) is 4.92 Å². The highest BCUT2D eigenvalue weighted by Gasteiger charge is 2.15. The van der Waals surface area contributed by atoms with Gasteiger partial charge in [-0.1, -0.05) is 11.3 Å². The number of nitrogens with two attached hydrogens (primary N) is 1. The van der Waals surface area contributed by atoms with Gasteiger partial charge in [0.1, 0.15) is 6.20 Å². The quantitative estimate of drug-likeness (QED) is 0.549. The minimum absolute atomic E-state index is 0.186. The molecular formula is C5H4N6O2S. The number of anilines is 1. The van der Waals surface area contributed by atoms with Crippen molar-refractivity contribution in [2.75, 3.05) is 5.73 Å². The van der Waals surface area contributed by atoms with E-state index in [4.69, 9.17) is 5.73 Å². The van der Waals surface area contributed by atoms with Gasteiger partial charge in [0.15, 0.2) is 0 Å². The summed E-state index contributed by atoms with van der Waals surface area (Å²) in [4.78, 5) is 16.0. The molecule has 0 saturated carbocycles. The molecular weight excluding hydrogens is 208 g/mol. The summed E-state index contributed by atoms with van der Waals surface area (Å²) in [5, 5.41) is 18.3. The molecule has 0 saturated heterocycles. The lowest BCUT2D eigenvalue weighted by Crippen LogP contribution is -1.87. The molecule has 72 valence electrons. The maximum absolute atomic E-state index is 10.3. The smallest absolute Gasteiger partial charge is 0.341 e. The average molecular weight is 212 g/mol. The van der Waals surface area contributed by atoms with Crippen LogP contribution in [0.5, 0.6) is 0 Å². The van der Waals surface area contributed by atoms with E-state index >= 15 is 0 Å². The van der Waals surface area contributed by atoms with E-state index in [1.165, 1.54) is 0 Å². The molecule has 0 fully saturated rings. The van der Waals surface area contributed by atoms with Gasteiger partial charge in [-0.2, -0.15) is 0 Å². The van der Waals surface area contributed by atoms with E-state index in [0.717, 1.165) is 17.5 Å². The molecule has 0 unspecified atom stereocenters. The number of rotatable bonds is 2. The third-order valence-electron chi connectivity index (χ3n) is 1.40. The number of nitro groups is 1. The average Bonchev–Trinajstić information content (AvgIpc) is 2.70. The highest BCUT2D eigenvalue weighted by Crippen LogP contribution is 2.23. The van der Waals surface area contributed by atoms with Crippen LogP contribution in [-0.4, -0.2) is 25.1 Å². The van der Waals surface area contributed by atoms with Gasteiger partial charge >= 0.3 is 5.82 Å².